The molecule has 0 saturated carbocycles. The summed E-state index contributed by atoms with van der Waals surface area (Å²) in [5.41, 5.74) is 0.833. The first-order valence-electron chi connectivity index (χ1n) is 4.57. The number of nitrogens with zero attached hydrogens (tertiary/aromatic N) is 1. The number of benzene rings is 1. The monoisotopic (exact) mass is 224 g/mol. The normalized spacial score (nSPS) is 10.9. The van der Waals surface area contributed by atoms with Gasteiger partial charge in [-0.2, -0.15) is 5.26 Å². The lowest BCUT2D eigenvalue weighted by Crippen LogP contribution is -2.34. The Hall–Kier alpha value is -1.24. The summed E-state index contributed by atoms with van der Waals surface area (Å²) >= 11 is 5.88. The number of hydrogen-bond donors (Lipinski definition) is 2. The van der Waals surface area contributed by atoms with E-state index in [1.807, 2.05) is 19.9 Å². The van der Waals surface area contributed by atoms with Gasteiger partial charge in [-0.15, -0.1) is 0 Å². The van der Waals surface area contributed by atoms with Crippen molar-refractivity contribution in [1.82, 2.24) is 0 Å². The zero-order chi connectivity index (χ0) is 11.5. The van der Waals surface area contributed by atoms with Gasteiger partial charge >= 0.3 is 0 Å². The molecule has 1 rings (SSSR count). The number of anilines is 1. The van der Waals surface area contributed by atoms with Crippen LogP contribution in [0.2, 0.25) is 5.02 Å². The molecule has 4 heteroatoms. The van der Waals surface area contributed by atoms with Crippen molar-refractivity contribution in [2.24, 2.45) is 0 Å². The Bertz CT molecular complexity index is 396. The summed E-state index contributed by atoms with van der Waals surface area (Å²) in [5.74, 6) is 0. The molecule has 0 amide bonds. The second-order valence-electron chi connectivity index (χ2n) is 3.97. The Morgan fingerprint density at radius 2 is 2.20 bits per heavy atom. The van der Waals surface area contributed by atoms with Gasteiger partial charge in [-0.25, -0.2) is 0 Å². The molecule has 0 fully saturated rings. The van der Waals surface area contributed by atoms with Gasteiger partial charge in [0.05, 0.1) is 22.7 Å². The zero-order valence-electron chi connectivity index (χ0n) is 8.71. The van der Waals surface area contributed by atoms with E-state index in [4.69, 9.17) is 22.0 Å². The maximum absolute atomic E-state index is 9.08. The van der Waals surface area contributed by atoms with Crippen LogP contribution < -0.4 is 5.32 Å². The lowest BCUT2D eigenvalue weighted by Gasteiger charge is -2.25. The highest BCUT2D eigenvalue weighted by Gasteiger charge is 2.15. The number of halogens is 1. The summed E-state index contributed by atoms with van der Waals surface area (Å²) in [5, 5.41) is 21.3. The molecule has 0 saturated heterocycles. The molecule has 2 N–H and O–H groups in total. The molecule has 0 aromatic heterocycles. The van der Waals surface area contributed by atoms with Crippen molar-refractivity contribution >= 4 is 17.3 Å². The first-order chi connectivity index (χ1) is 6.98. The number of nitrogens with one attached hydrogen (secondary N) is 1. The van der Waals surface area contributed by atoms with Gasteiger partial charge in [-0.1, -0.05) is 11.6 Å². The summed E-state index contributed by atoms with van der Waals surface area (Å²) in [7, 11) is 0. The van der Waals surface area contributed by atoms with Gasteiger partial charge in [0.15, 0.2) is 0 Å². The number of rotatable bonds is 3. The number of aliphatic hydroxyl groups excluding tert-OH is 1. The first-order valence-corrected chi connectivity index (χ1v) is 4.95. The average molecular weight is 225 g/mol. The molecule has 80 valence electrons. The molecule has 0 radical (unpaired) electrons. The van der Waals surface area contributed by atoms with Crippen LogP contribution in [0.15, 0.2) is 18.2 Å². The van der Waals surface area contributed by atoms with E-state index in [2.05, 4.69) is 5.32 Å². The van der Waals surface area contributed by atoms with Crippen LogP contribution in [0.3, 0.4) is 0 Å². The van der Waals surface area contributed by atoms with Crippen LogP contribution in [0.25, 0.3) is 0 Å². The predicted octanol–water partition coefficient (Wildman–Crippen LogP) is 2.39. The van der Waals surface area contributed by atoms with Crippen LogP contribution in [0.5, 0.6) is 0 Å². The van der Waals surface area contributed by atoms with Crippen molar-refractivity contribution < 1.29 is 5.11 Å². The van der Waals surface area contributed by atoms with E-state index < -0.39 is 5.54 Å². The molecule has 0 heterocycles. The summed E-state index contributed by atoms with van der Waals surface area (Å²) in [6, 6.07) is 7.08. The second kappa shape index (κ2) is 4.52. The van der Waals surface area contributed by atoms with Crippen LogP contribution in [-0.2, 0) is 0 Å². The van der Waals surface area contributed by atoms with Crippen LogP contribution in [0, 0.1) is 11.3 Å². The van der Waals surface area contributed by atoms with Gasteiger partial charge in [0, 0.05) is 5.69 Å². The lowest BCUT2D eigenvalue weighted by atomic mass is 10.1. The Morgan fingerprint density at radius 3 is 2.67 bits per heavy atom. The van der Waals surface area contributed by atoms with Crippen molar-refractivity contribution in [3.05, 3.63) is 28.8 Å². The number of aliphatic hydroxyl groups is 1. The standard InChI is InChI=1S/C11H13ClN2O/c1-11(2,7-15)14-9-4-3-8(6-13)10(12)5-9/h3-5,14-15H,7H2,1-2H3. The Morgan fingerprint density at radius 1 is 1.53 bits per heavy atom. The van der Waals surface area contributed by atoms with Crippen molar-refractivity contribution in [1.29, 1.82) is 5.26 Å². The van der Waals surface area contributed by atoms with Gasteiger partial charge in [-0.3, -0.25) is 0 Å². The molecule has 0 aliphatic rings. The first kappa shape index (κ1) is 11.8. The summed E-state index contributed by atoms with van der Waals surface area (Å²) in [6.07, 6.45) is 0. The highest BCUT2D eigenvalue weighted by molar-refractivity contribution is 6.32. The summed E-state index contributed by atoms with van der Waals surface area (Å²) in [4.78, 5) is 0. The molecular weight excluding hydrogens is 212 g/mol. The molecular formula is C11H13ClN2O. The quantitative estimate of drug-likeness (QED) is 0.829. The Balaban J connectivity index is 2.90. The predicted molar refractivity (Wildman–Crippen MR) is 61.0 cm³/mol. The molecule has 0 aliphatic heterocycles. The van der Waals surface area contributed by atoms with Crippen molar-refractivity contribution in [2.75, 3.05) is 11.9 Å². The maximum Gasteiger partial charge on any atom is 0.101 e. The molecule has 0 spiro atoms. The van der Waals surface area contributed by atoms with E-state index in [-0.39, 0.29) is 6.61 Å². The summed E-state index contributed by atoms with van der Waals surface area (Å²) < 4.78 is 0. The number of nitriles is 1. The highest BCUT2D eigenvalue weighted by atomic mass is 35.5. The third-order valence-electron chi connectivity index (χ3n) is 1.97. The second-order valence-corrected chi connectivity index (χ2v) is 4.38. The minimum Gasteiger partial charge on any atom is -0.394 e. The molecule has 0 unspecified atom stereocenters. The minimum atomic E-state index is -0.405. The molecule has 15 heavy (non-hydrogen) atoms. The topological polar surface area (TPSA) is 56.0 Å². The molecule has 3 nitrogen and oxygen atoms in total. The van der Waals surface area contributed by atoms with Gasteiger partial charge in [0.25, 0.3) is 0 Å². The SMILES string of the molecule is CC(C)(CO)Nc1ccc(C#N)c(Cl)c1. The Labute approximate surface area is 94.3 Å². The smallest absolute Gasteiger partial charge is 0.101 e. The summed E-state index contributed by atoms with van der Waals surface area (Å²) in [6.45, 7) is 3.77. The molecule has 0 aliphatic carbocycles. The van der Waals surface area contributed by atoms with Gasteiger partial charge in [0.1, 0.15) is 6.07 Å². The maximum atomic E-state index is 9.08. The van der Waals surface area contributed by atoms with Crippen LogP contribution in [0.4, 0.5) is 5.69 Å². The molecule has 1 aromatic rings. The fraction of sp³-hybridized carbons (Fsp3) is 0.364. The fourth-order valence-electron chi connectivity index (χ4n) is 1.11. The van der Waals surface area contributed by atoms with Crippen molar-refractivity contribution in [3.8, 4) is 6.07 Å². The molecule has 0 atom stereocenters. The third kappa shape index (κ3) is 3.12. The number of hydrogen-bond acceptors (Lipinski definition) is 3. The van der Waals surface area contributed by atoms with E-state index in [1.54, 1.807) is 18.2 Å². The van der Waals surface area contributed by atoms with Crippen LogP contribution in [0.1, 0.15) is 19.4 Å². The lowest BCUT2D eigenvalue weighted by molar-refractivity contribution is 0.234. The minimum absolute atomic E-state index is 0.0185. The van der Waals surface area contributed by atoms with Gasteiger partial charge in [0.2, 0.25) is 0 Å². The van der Waals surface area contributed by atoms with E-state index in [0.29, 0.717) is 10.6 Å². The fourth-order valence-corrected chi connectivity index (χ4v) is 1.34. The van der Waals surface area contributed by atoms with E-state index >= 15 is 0 Å². The Kier molecular flexibility index (Phi) is 3.57. The third-order valence-corrected chi connectivity index (χ3v) is 2.28. The van der Waals surface area contributed by atoms with E-state index in [0.717, 1.165) is 5.69 Å². The highest BCUT2D eigenvalue weighted by Crippen LogP contribution is 2.22. The molecule has 1 aromatic carbocycles. The zero-order valence-corrected chi connectivity index (χ0v) is 9.47. The van der Waals surface area contributed by atoms with Crippen LogP contribution in [-0.4, -0.2) is 17.3 Å². The van der Waals surface area contributed by atoms with Crippen molar-refractivity contribution in [3.63, 3.8) is 0 Å². The van der Waals surface area contributed by atoms with E-state index in [9.17, 15) is 0 Å². The van der Waals surface area contributed by atoms with Crippen molar-refractivity contribution in [2.45, 2.75) is 19.4 Å². The van der Waals surface area contributed by atoms with Gasteiger partial charge < -0.3 is 10.4 Å². The van der Waals surface area contributed by atoms with E-state index in [1.165, 1.54) is 0 Å². The molecule has 0 bridgehead atoms. The largest absolute Gasteiger partial charge is 0.394 e. The van der Waals surface area contributed by atoms with Gasteiger partial charge in [-0.05, 0) is 32.0 Å². The average Bonchev–Trinajstić information content (AvgIpc) is 2.17. The van der Waals surface area contributed by atoms with Crippen LogP contribution >= 0.6 is 11.6 Å².